The van der Waals surface area contributed by atoms with Crippen LogP contribution < -0.4 is 4.90 Å². The van der Waals surface area contributed by atoms with E-state index in [1.165, 1.54) is 11.3 Å². The van der Waals surface area contributed by atoms with Crippen LogP contribution in [-0.4, -0.2) is 43.7 Å². The van der Waals surface area contributed by atoms with Crippen LogP contribution in [0.15, 0.2) is 41.7 Å². The molecule has 5 nitrogen and oxygen atoms in total. The van der Waals surface area contributed by atoms with Crippen molar-refractivity contribution in [3.8, 4) is 0 Å². The molecule has 2 atom stereocenters. The Morgan fingerprint density at radius 3 is 2.55 bits per heavy atom. The molecule has 2 aromatic rings. The number of aldehydes is 1. The fraction of sp³-hybridized carbons (Fsp3) is 0.480. The van der Waals surface area contributed by atoms with Crippen molar-refractivity contribution in [2.45, 2.75) is 47.6 Å². The molecule has 0 radical (unpaired) electrons. The lowest BCUT2D eigenvalue weighted by molar-refractivity contribution is 0.112. The van der Waals surface area contributed by atoms with Crippen LogP contribution in [0.25, 0.3) is 10.2 Å². The van der Waals surface area contributed by atoms with Crippen molar-refractivity contribution in [1.82, 2.24) is 9.88 Å². The standard InChI is InChI=1S/C23H32N4OS.C2H6/c1-8-18(9-2)16(3)12-17(4)27(7)15-24-13-19-21(14-28)29-23-22(19)20(26(5)6)10-11-25-23;1-2/h8,10-12,14-16,18H,1,9,13H2,2-7H3;1-2H3/b17-12+,24-15?;. The zero-order chi connectivity index (χ0) is 23.6. The summed E-state index contributed by atoms with van der Waals surface area (Å²) in [5.74, 6) is 0.893. The van der Waals surface area contributed by atoms with Crippen LogP contribution in [-0.2, 0) is 6.54 Å². The number of allylic oxidation sites excluding steroid dienone is 3. The molecule has 0 spiro atoms. The first-order chi connectivity index (χ1) is 14.8. The van der Waals surface area contributed by atoms with Crippen LogP contribution in [0.4, 0.5) is 5.69 Å². The number of hydrogen-bond donors (Lipinski definition) is 0. The predicted octanol–water partition coefficient (Wildman–Crippen LogP) is 6.41. The molecule has 0 aliphatic rings. The van der Waals surface area contributed by atoms with Crippen LogP contribution in [0.2, 0.25) is 0 Å². The maximum atomic E-state index is 11.6. The Balaban J connectivity index is 0.00000233. The maximum absolute atomic E-state index is 11.6. The predicted molar refractivity (Wildman–Crippen MR) is 138 cm³/mol. The molecule has 2 aromatic heterocycles. The summed E-state index contributed by atoms with van der Waals surface area (Å²) in [6.07, 6.45) is 9.89. The molecule has 170 valence electrons. The second-order valence-corrected chi connectivity index (χ2v) is 8.54. The largest absolute Gasteiger partial charge is 0.377 e. The Morgan fingerprint density at radius 1 is 1.32 bits per heavy atom. The van der Waals surface area contributed by atoms with Gasteiger partial charge in [-0.3, -0.25) is 9.79 Å². The van der Waals surface area contributed by atoms with Crippen LogP contribution >= 0.6 is 11.3 Å². The lowest BCUT2D eigenvalue weighted by Crippen LogP contribution is -2.16. The topological polar surface area (TPSA) is 48.8 Å². The molecule has 31 heavy (non-hydrogen) atoms. The first-order valence-electron chi connectivity index (χ1n) is 10.9. The highest BCUT2D eigenvalue weighted by atomic mass is 32.1. The van der Waals surface area contributed by atoms with Crippen LogP contribution in [0, 0.1) is 11.8 Å². The molecule has 0 amide bonds. The summed E-state index contributed by atoms with van der Waals surface area (Å²) in [4.78, 5) is 26.3. The molecule has 0 aliphatic carbocycles. The van der Waals surface area contributed by atoms with Crippen LogP contribution in [0.1, 0.15) is 56.3 Å². The zero-order valence-corrected chi connectivity index (χ0v) is 21.2. The van der Waals surface area contributed by atoms with E-state index in [1.807, 2.05) is 63.3 Å². The minimum absolute atomic E-state index is 0.421. The van der Waals surface area contributed by atoms with E-state index in [4.69, 9.17) is 0 Å². The highest BCUT2D eigenvalue weighted by molar-refractivity contribution is 7.20. The van der Waals surface area contributed by atoms with E-state index in [1.54, 1.807) is 6.20 Å². The number of anilines is 1. The van der Waals surface area contributed by atoms with Gasteiger partial charge in [-0.2, -0.15) is 0 Å². The molecule has 2 rings (SSSR count). The van der Waals surface area contributed by atoms with Gasteiger partial charge in [-0.05, 0) is 31.2 Å². The van der Waals surface area contributed by atoms with Crippen molar-refractivity contribution >= 4 is 39.9 Å². The zero-order valence-electron chi connectivity index (χ0n) is 20.3. The Kier molecular flexibility index (Phi) is 11.2. The smallest absolute Gasteiger partial charge is 0.160 e. The van der Waals surface area contributed by atoms with Crippen molar-refractivity contribution in [3.63, 3.8) is 0 Å². The highest BCUT2D eigenvalue weighted by Gasteiger charge is 2.16. The Bertz CT molecular complexity index is 914. The van der Waals surface area contributed by atoms with Crippen LogP contribution in [0.3, 0.4) is 0 Å². The van der Waals surface area contributed by atoms with E-state index < -0.39 is 0 Å². The summed E-state index contributed by atoms with van der Waals surface area (Å²) in [5.41, 5.74) is 3.13. The average Bonchev–Trinajstić information content (AvgIpc) is 3.13. The summed E-state index contributed by atoms with van der Waals surface area (Å²) in [5, 5.41) is 1.02. The van der Waals surface area contributed by atoms with E-state index in [-0.39, 0.29) is 0 Å². The lowest BCUT2D eigenvalue weighted by Gasteiger charge is -2.20. The number of nitrogens with zero attached hydrogens (tertiary/aromatic N) is 4. The fourth-order valence-corrected chi connectivity index (χ4v) is 4.42. The maximum Gasteiger partial charge on any atom is 0.160 e. The molecule has 0 aliphatic heterocycles. The first-order valence-corrected chi connectivity index (χ1v) is 11.7. The first kappa shape index (κ1) is 26.6. The third-order valence-corrected chi connectivity index (χ3v) is 6.37. The number of aromatic nitrogens is 1. The number of carbonyl (C=O) groups excluding carboxylic acids is 1. The fourth-order valence-electron chi connectivity index (χ4n) is 3.43. The molecule has 2 unspecified atom stereocenters. The summed E-state index contributed by atoms with van der Waals surface area (Å²) in [6, 6.07) is 1.97. The van der Waals surface area contributed by atoms with E-state index in [0.29, 0.717) is 23.3 Å². The van der Waals surface area contributed by atoms with E-state index in [2.05, 4.69) is 43.4 Å². The van der Waals surface area contributed by atoms with Gasteiger partial charge in [-0.15, -0.1) is 17.9 Å². The van der Waals surface area contributed by atoms with E-state index in [0.717, 1.165) is 39.9 Å². The molecule has 2 heterocycles. The summed E-state index contributed by atoms with van der Waals surface area (Å²) < 4.78 is 0. The number of hydrogen-bond acceptors (Lipinski definition) is 5. The van der Waals surface area contributed by atoms with E-state index >= 15 is 0 Å². The number of rotatable bonds is 10. The van der Waals surface area contributed by atoms with Gasteiger partial charge in [0.1, 0.15) is 4.83 Å². The third kappa shape index (κ3) is 6.76. The van der Waals surface area contributed by atoms with Crippen molar-refractivity contribution in [3.05, 3.63) is 47.1 Å². The van der Waals surface area contributed by atoms with Crippen molar-refractivity contribution in [2.24, 2.45) is 16.8 Å². The van der Waals surface area contributed by atoms with Gasteiger partial charge in [0.15, 0.2) is 6.29 Å². The minimum atomic E-state index is 0.421. The number of fused-ring (bicyclic) bond motifs is 1. The Hall–Kier alpha value is -2.47. The van der Waals surface area contributed by atoms with Crippen molar-refractivity contribution < 1.29 is 4.79 Å². The van der Waals surface area contributed by atoms with Gasteiger partial charge in [0.05, 0.1) is 17.8 Å². The summed E-state index contributed by atoms with van der Waals surface area (Å²) in [7, 11) is 5.99. The summed E-state index contributed by atoms with van der Waals surface area (Å²) in [6.45, 7) is 14.9. The van der Waals surface area contributed by atoms with Gasteiger partial charge in [0, 0.05) is 49.7 Å². The molecule has 0 N–H and O–H groups in total. The van der Waals surface area contributed by atoms with Gasteiger partial charge < -0.3 is 9.80 Å². The van der Waals surface area contributed by atoms with Crippen molar-refractivity contribution in [1.29, 1.82) is 0 Å². The lowest BCUT2D eigenvalue weighted by atomic mass is 9.91. The number of carbonyl (C=O) groups is 1. The molecular formula is C25H38N4OS. The number of thiophene rings is 1. The normalized spacial score (nSPS) is 13.5. The quantitative estimate of drug-likeness (QED) is 0.184. The summed E-state index contributed by atoms with van der Waals surface area (Å²) >= 11 is 1.42. The monoisotopic (exact) mass is 442 g/mol. The molecule has 0 fully saturated rings. The van der Waals surface area contributed by atoms with E-state index in [9.17, 15) is 4.79 Å². The van der Waals surface area contributed by atoms with Gasteiger partial charge in [-0.1, -0.05) is 39.8 Å². The average molecular weight is 443 g/mol. The van der Waals surface area contributed by atoms with Crippen molar-refractivity contribution in [2.75, 3.05) is 26.0 Å². The second kappa shape index (κ2) is 13.1. The van der Waals surface area contributed by atoms with Gasteiger partial charge in [-0.25, -0.2) is 4.98 Å². The SMILES string of the molecule is C=CC(CC)C(C)/C=C(\C)N(C)C=NCc1c(C=O)sc2nccc(N(C)C)c12.CC. The van der Waals surface area contributed by atoms with Gasteiger partial charge in [0.2, 0.25) is 0 Å². The van der Waals surface area contributed by atoms with Gasteiger partial charge in [0.25, 0.3) is 0 Å². The Morgan fingerprint density at radius 2 is 2.00 bits per heavy atom. The number of aliphatic imine (C=N–C) groups is 1. The molecule has 6 heteroatoms. The highest BCUT2D eigenvalue weighted by Crippen LogP contribution is 2.35. The molecule has 0 saturated carbocycles. The molecule has 0 saturated heterocycles. The third-order valence-electron chi connectivity index (χ3n) is 5.30. The Labute approximate surface area is 192 Å². The second-order valence-electron chi connectivity index (χ2n) is 7.51. The number of pyridine rings is 1. The molecular weight excluding hydrogens is 404 g/mol. The minimum Gasteiger partial charge on any atom is -0.377 e. The molecule has 0 aromatic carbocycles. The van der Waals surface area contributed by atoms with Gasteiger partial charge >= 0.3 is 0 Å². The molecule has 0 bridgehead atoms. The van der Waals surface area contributed by atoms with Crippen LogP contribution in [0.5, 0.6) is 0 Å².